The van der Waals surface area contributed by atoms with Crippen molar-refractivity contribution in [2.75, 3.05) is 0 Å². The minimum atomic E-state index is -1.84. The van der Waals surface area contributed by atoms with Gasteiger partial charge in [0, 0.05) is 12.8 Å². The normalized spacial score (nSPS) is 16.7. The van der Waals surface area contributed by atoms with Crippen LogP contribution in [0, 0.1) is 0 Å². The van der Waals surface area contributed by atoms with Gasteiger partial charge in [-0.2, -0.15) is 9.78 Å². The number of carboxylic acid groups (broad SMARTS) is 2. The number of aliphatic carboxylic acids is 2. The smallest absolute Gasteiger partial charge is 0.370 e. The summed E-state index contributed by atoms with van der Waals surface area (Å²) in [6, 6.07) is 0. The van der Waals surface area contributed by atoms with Crippen molar-refractivity contribution in [3.05, 3.63) is 0 Å². The average Bonchev–Trinajstić information content (AvgIpc) is 2.94. The van der Waals surface area contributed by atoms with Gasteiger partial charge in [-0.3, -0.25) is 4.79 Å². The van der Waals surface area contributed by atoms with Gasteiger partial charge in [0.05, 0.1) is 0 Å². The molecule has 0 saturated carbocycles. The maximum atomic E-state index is 11.0. The monoisotopic (exact) mass is 320 g/mol. The highest BCUT2D eigenvalue weighted by molar-refractivity contribution is 5.75. The summed E-state index contributed by atoms with van der Waals surface area (Å²) in [7, 11) is 0. The first kappa shape index (κ1) is 18.8. The van der Waals surface area contributed by atoms with Gasteiger partial charge in [-0.05, 0) is 22.9 Å². The van der Waals surface area contributed by atoms with Crippen LogP contribution in [0.4, 0.5) is 0 Å². The van der Waals surface area contributed by atoms with Crippen molar-refractivity contribution in [2.24, 2.45) is 0 Å². The molecule has 0 amide bonds. The zero-order valence-corrected chi connectivity index (χ0v) is 12.6. The van der Waals surface area contributed by atoms with Crippen LogP contribution in [-0.2, 0) is 29.4 Å². The molecule has 0 bridgehead atoms. The highest BCUT2D eigenvalue weighted by Crippen LogP contribution is 2.28. The highest BCUT2D eigenvalue weighted by atomic mass is 17.7. The molecule has 1 fully saturated rings. The lowest BCUT2D eigenvalue weighted by molar-refractivity contribution is -0.532. The van der Waals surface area contributed by atoms with E-state index in [1.165, 1.54) is 0 Å². The molecule has 0 atom stereocenters. The molecular weight excluding hydrogens is 296 g/mol. The van der Waals surface area contributed by atoms with E-state index in [9.17, 15) is 9.59 Å². The SMILES string of the molecule is O=C(O)CCCCCCCCCCCC1(C(=O)O)OOOO1. The summed E-state index contributed by atoms with van der Waals surface area (Å²) in [6.07, 6.45) is 8.99. The van der Waals surface area contributed by atoms with Crippen molar-refractivity contribution in [1.29, 1.82) is 0 Å². The van der Waals surface area contributed by atoms with Gasteiger partial charge in [0.2, 0.25) is 0 Å². The van der Waals surface area contributed by atoms with Gasteiger partial charge in [0.1, 0.15) is 0 Å². The summed E-state index contributed by atoms with van der Waals surface area (Å²) in [5, 5.41) is 25.6. The number of rotatable bonds is 13. The fourth-order valence-electron chi connectivity index (χ4n) is 2.28. The Kier molecular flexibility index (Phi) is 8.98. The van der Waals surface area contributed by atoms with E-state index < -0.39 is 17.7 Å². The Bertz CT molecular complexity index is 338. The quantitative estimate of drug-likeness (QED) is 0.393. The van der Waals surface area contributed by atoms with Crippen LogP contribution < -0.4 is 0 Å². The molecule has 1 aliphatic rings. The second kappa shape index (κ2) is 10.5. The molecule has 0 spiro atoms. The van der Waals surface area contributed by atoms with Gasteiger partial charge in [-0.15, -0.1) is 0 Å². The third kappa shape index (κ3) is 7.17. The van der Waals surface area contributed by atoms with E-state index in [4.69, 9.17) is 10.2 Å². The van der Waals surface area contributed by atoms with E-state index in [-0.39, 0.29) is 12.8 Å². The Hall–Kier alpha value is -1.22. The first-order valence-electron chi connectivity index (χ1n) is 7.72. The second-order valence-electron chi connectivity index (χ2n) is 5.44. The lowest BCUT2D eigenvalue weighted by Gasteiger charge is -2.15. The number of unbranched alkanes of at least 4 members (excludes halogenated alkanes) is 8. The molecule has 128 valence electrons. The first-order chi connectivity index (χ1) is 10.6. The maximum absolute atomic E-state index is 11.0. The molecule has 0 aromatic carbocycles. The van der Waals surface area contributed by atoms with Crippen LogP contribution >= 0.6 is 0 Å². The van der Waals surface area contributed by atoms with Crippen molar-refractivity contribution in [2.45, 2.75) is 76.4 Å². The molecule has 2 N–H and O–H groups in total. The zero-order chi connectivity index (χ0) is 16.3. The summed E-state index contributed by atoms with van der Waals surface area (Å²) in [4.78, 5) is 30.4. The van der Waals surface area contributed by atoms with Crippen LogP contribution in [0.2, 0.25) is 0 Å². The topological polar surface area (TPSA) is 112 Å². The molecule has 1 heterocycles. The molecule has 8 heteroatoms. The number of hydrogen-bond acceptors (Lipinski definition) is 6. The Balaban J connectivity index is 1.91. The lowest BCUT2D eigenvalue weighted by Crippen LogP contribution is -2.39. The molecule has 0 aliphatic carbocycles. The van der Waals surface area contributed by atoms with Crippen molar-refractivity contribution < 1.29 is 39.7 Å². The van der Waals surface area contributed by atoms with E-state index in [1.807, 2.05) is 0 Å². The first-order valence-corrected chi connectivity index (χ1v) is 7.72. The molecule has 8 nitrogen and oxygen atoms in total. The van der Waals surface area contributed by atoms with E-state index in [2.05, 4.69) is 19.9 Å². The van der Waals surface area contributed by atoms with Gasteiger partial charge in [0.25, 0.3) is 0 Å². The van der Waals surface area contributed by atoms with Crippen LogP contribution in [-0.4, -0.2) is 27.9 Å². The molecule has 0 radical (unpaired) electrons. The maximum Gasteiger partial charge on any atom is 0.370 e. The summed E-state index contributed by atoms with van der Waals surface area (Å²) in [6.45, 7) is 0. The van der Waals surface area contributed by atoms with Crippen LogP contribution in [0.5, 0.6) is 0 Å². The number of carbonyl (C=O) groups is 2. The van der Waals surface area contributed by atoms with Crippen molar-refractivity contribution in [3.63, 3.8) is 0 Å². The molecule has 22 heavy (non-hydrogen) atoms. The van der Waals surface area contributed by atoms with E-state index in [0.29, 0.717) is 6.42 Å². The molecule has 0 aromatic heterocycles. The lowest BCUT2D eigenvalue weighted by atomic mass is 10.0. The zero-order valence-electron chi connectivity index (χ0n) is 12.6. The number of carboxylic acids is 2. The van der Waals surface area contributed by atoms with E-state index in [0.717, 1.165) is 51.4 Å². The molecular formula is C14H24O8. The Labute approximate surface area is 129 Å². The van der Waals surface area contributed by atoms with E-state index in [1.54, 1.807) is 0 Å². The van der Waals surface area contributed by atoms with E-state index >= 15 is 0 Å². The highest BCUT2D eigenvalue weighted by Gasteiger charge is 2.49. The predicted octanol–water partition coefficient (Wildman–Crippen LogP) is 2.97. The van der Waals surface area contributed by atoms with Crippen LogP contribution in [0.15, 0.2) is 0 Å². The predicted molar refractivity (Wildman–Crippen MR) is 73.1 cm³/mol. The number of hydrogen-bond donors (Lipinski definition) is 2. The molecule has 0 aromatic rings. The Morgan fingerprint density at radius 2 is 1.18 bits per heavy atom. The Morgan fingerprint density at radius 1 is 0.727 bits per heavy atom. The Morgan fingerprint density at radius 3 is 1.64 bits per heavy atom. The average molecular weight is 320 g/mol. The summed E-state index contributed by atoms with van der Waals surface area (Å²) in [5.41, 5.74) is 0. The molecule has 0 unspecified atom stereocenters. The van der Waals surface area contributed by atoms with Crippen LogP contribution in [0.1, 0.15) is 70.6 Å². The van der Waals surface area contributed by atoms with Gasteiger partial charge in [-0.1, -0.05) is 44.9 Å². The molecule has 1 saturated heterocycles. The second-order valence-corrected chi connectivity index (χ2v) is 5.44. The molecule has 1 aliphatic heterocycles. The van der Waals surface area contributed by atoms with Gasteiger partial charge >= 0.3 is 17.7 Å². The summed E-state index contributed by atoms with van der Waals surface area (Å²) in [5.74, 6) is -3.85. The summed E-state index contributed by atoms with van der Waals surface area (Å²) >= 11 is 0. The van der Waals surface area contributed by atoms with Crippen LogP contribution in [0.3, 0.4) is 0 Å². The van der Waals surface area contributed by atoms with Gasteiger partial charge in [-0.25, -0.2) is 4.79 Å². The van der Waals surface area contributed by atoms with Gasteiger partial charge in [0.15, 0.2) is 0 Å². The van der Waals surface area contributed by atoms with Gasteiger partial charge < -0.3 is 10.2 Å². The largest absolute Gasteiger partial charge is 0.481 e. The van der Waals surface area contributed by atoms with Crippen molar-refractivity contribution in [3.8, 4) is 0 Å². The minimum Gasteiger partial charge on any atom is -0.481 e. The summed E-state index contributed by atoms with van der Waals surface area (Å²) < 4.78 is 0. The van der Waals surface area contributed by atoms with Crippen molar-refractivity contribution in [1.82, 2.24) is 0 Å². The third-order valence-electron chi connectivity index (χ3n) is 3.59. The van der Waals surface area contributed by atoms with Crippen LogP contribution in [0.25, 0.3) is 0 Å². The minimum absolute atomic E-state index is 0.164. The van der Waals surface area contributed by atoms with Crippen molar-refractivity contribution >= 4 is 11.9 Å². The third-order valence-corrected chi connectivity index (χ3v) is 3.59. The standard InChI is InChI=1S/C14H24O8/c15-12(16)10-8-6-4-2-1-3-5-7-9-11-14(13(17)18)19-21-22-20-14/h1-11H2,(H,15,16)(H,17,18). The fraction of sp³-hybridized carbons (Fsp3) is 0.857. The molecule has 1 rings (SSSR count). The fourth-order valence-corrected chi connectivity index (χ4v) is 2.28.